The number of aryl methyl sites for hydroxylation is 1. The lowest BCUT2D eigenvalue weighted by Gasteiger charge is -2.04. The first-order valence-electron chi connectivity index (χ1n) is 3.88. The van der Waals surface area contributed by atoms with Crippen LogP contribution in [0.25, 0.3) is 0 Å². The molecule has 0 aromatic heterocycles. The highest BCUT2D eigenvalue weighted by molar-refractivity contribution is 6.32. The second kappa shape index (κ2) is 4.12. The zero-order chi connectivity index (χ0) is 10.7. The molecule has 1 aromatic carbocycles. The Kier molecular flexibility index (Phi) is 3.10. The SMILES string of the molecule is COC(=O)c1cc(C)cc(Cl)c1C#N. The second-order valence-corrected chi connectivity index (χ2v) is 3.18. The number of hydrogen-bond donors (Lipinski definition) is 0. The Bertz CT molecular complexity index is 421. The average molecular weight is 210 g/mol. The van der Waals surface area contributed by atoms with Gasteiger partial charge in [-0.3, -0.25) is 0 Å². The van der Waals surface area contributed by atoms with Crippen molar-refractivity contribution in [2.75, 3.05) is 7.11 Å². The molecule has 0 aliphatic carbocycles. The van der Waals surface area contributed by atoms with Gasteiger partial charge in [0, 0.05) is 0 Å². The van der Waals surface area contributed by atoms with E-state index >= 15 is 0 Å². The molecule has 4 heteroatoms. The van der Waals surface area contributed by atoms with E-state index in [1.165, 1.54) is 7.11 Å². The molecule has 0 heterocycles. The highest BCUT2D eigenvalue weighted by Crippen LogP contribution is 2.22. The number of esters is 1. The van der Waals surface area contributed by atoms with Crippen LogP contribution in [0.3, 0.4) is 0 Å². The van der Waals surface area contributed by atoms with Gasteiger partial charge in [0.25, 0.3) is 0 Å². The second-order valence-electron chi connectivity index (χ2n) is 2.77. The molecular weight excluding hydrogens is 202 g/mol. The molecule has 0 atom stereocenters. The van der Waals surface area contributed by atoms with Crippen LogP contribution in [0.2, 0.25) is 5.02 Å². The van der Waals surface area contributed by atoms with Crippen LogP contribution in [0.5, 0.6) is 0 Å². The number of carbonyl (C=O) groups is 1. The minimum atomic E-state index is -0.549. The molecular formula is C10H8ClNO2. The minimum Gasteiger partial charge on any atom is -0.465 e. The van der Waals surface area contributed by atoms with E-state index in [0.717, 1.165) is 5.56 Å². The van der Waals surface area contributed by atoms with E-state index in [0.29, 0.717) is 0 Å². The molecule has 0 unspecified atom stereocenters. The number of hydrogen-bond acceptors (Lipinski definition) is 3. The maximum absolute atomic E-state index is 11.3. The quantitative estimate of drug-likeness (QED) is 0.667. The summed E-state index contributed by atoms with van der Waals surface area (Å²) in [5.41, 5.74) is 1.18. The van der Waals surface area contributed by atoms with E-state index in [-0.39, 0.29) is 16.1 Å². The van der Waals surface area contributed by atoms with Crippen LogP contribution in [-0.4, -0.2) is 13.1 Å². The van der Waals surface area contributed by atoms with Gasteiger partial charge in [-0.05, 0) is 24.6 Å². The van der Waals surface area contributed by atoms with E-state index in [1.807, 2.05) is 6.07 Å². The predicted octanol–water partition coefficient (Wildman–Crippen LogP) is 2.31. The zero-order valence-corrected chi connectivity index (χ0v) is 8.55. The van der Waals surface area contributed by atoms with Gasteiger partial charge >= 0.3 is 5.97 Å². The van der Waals surface area contributed by atoms with Gasteiger partial charge in [-0.25, -0.2) is 4.79 Å². The molecule has 72 valence electrons. The Balaban J connectivity index is 3.41. The molecule has 0 saturated carbocycles. The van der Waals surface area contributed by atoms with Gasteiger partial charge < -0.3 is 4.74 Å². The summed E-state index contributed by atoms with van der Waals surface area (Å²) >= 11 is 5.81. The largest absolute Gasteiger partial charge is 0.465 e. The van der Waals surface area contributed by atoms with Crippen LogP contribution in [0, 0.1) is 18.3 Å². The van der Waals surface area contributed by atoms with Crippen molar-refractivity contribution in [1.29, 1.82) is 5.26 Å². The summed E-state index contributed by atoms with van der Waals surface area (Å²) in [6, 6.07) is 5.08. The summed E-state index contributed by atoms with van der Waals surface area (Å²) in [4.78, 5) is 11.3. The van der Waals surface area contributed by atoms with E-state index < -0.39 is 5.97 Å². The summed E-state index contributed by atoms with van der Waals surface area (Å²) in [7, 11) is 1.26. The Morgan fingerprint density at radius 1 is 1.57 bits per heavy atom. The van der Waals surface area contributed by atoms with Crippen LogP contribution in [0.1, 0.15) is 21.5 Å². The number of rotatable bonds is 1. The molecule has 0 radical (unpaired) electrons. The van der Waals surface area contributed by atoms with Crippen LogP contribution in [0.15, 0.2) is 12.1 Å². The van der Waals surface area contributed by atoms with Crippen LogP contribution in [-0.2, 0) is 4.74 Å². The Morgan fingerprint density at radius 2 is 2.21 bits per heavy atom. The van der Waals surface area contributed by atoms with Crippen molar-refractivity contribution in [1.82, 2.24) is 0 Å². The number of carbonyl (C=O) groups excluding carboxylic acids is 1. The topological polar surface area (TPSA) is 50.1 Å². The first kappa shape index (κ1) is 10.6. The fraction of sp³-hybridized carbons (Fsp3) is 0.200. The van der Waals surface area contributed by atoms with Crippen molar-refractivity contribution in [3.8, 4) is 6.07 Å². The normalized spacial score (nSPS) is 9.29. The smallest absolute Gasteiger partial charge is 0.339 e. The van der Waals surface area contributed by atoms with Crippen molar-refractivity contribution >= 4 is 17.6 Å². The number of benzene rings is 1. The maximum atomic E-state index is 11.3. The fourth-order valence-corrected chi connectivity index (χ4v) is 1.44. The van der Waals surface area contributed by atoms with Crippen molar-refractivity contribution in [3.63, 3.8) is 0 Å². The zero-order valence-electron chi connectivity index (χ0n) is 7.80. The molecule has 0 spiro atoms. The molecule has 0 N–H and O–H groups in total. The lowest BCUT2D eigenvalue weighted by molar-refractivity contribution is 0.0600. The highest BCUT2D eigenvalue weighted by Gasteiger charge is 2.15. The van der Waals surface area contributed by atoms with E-state index in [1.54, 1.807) is 19.1 Å². The number of halogens is 1. The molecule has 0 bridgehead atoms. The van der Waals surface area contributed by atoms with Crippen molar-refractivity contribution in [2.24, 2.45) is 0 Å². The Hall–Kier alpha value is -1.53. The van der Waals surface area contributed by atoms with Gasteiger partial charge in [0.1, 0.15) is 6.07 Å². The van der Waals surface area contributed by atoms with Crippen LogP contribution >= 0.6 is 11.6 Å². The lowest BCUT2D eigenvalue weighted by Crippen LogP contribution is -2.05. The van der Waals surface area contributed by atoms with Gasteiger partial charge in [-0.2, -0.15) is 5.26 Å². The molecule has 0 amide bonds. The van der Waals surface area contributed by atoms with Crippen molar-refractivity contribution in [2.45, 2.75) is 6.92 Å². The third kappa shape index (κ3) is 1.86. The van der Waals surface area contributed by atoms with Crippen molar-refractivity contribution in [3.05, 3.63) is 33.8 Å². The predicted molar refractivity (Wildman–Crippen MR) is 52.2 cm³/mol. The molecule has 1 rings (SSSR count). The van der Waals surface area contributed by atoms with Crippen LogP contribution in [0.4, 0.5) is 0 Å². The molecule has 0 saturated heterocycles. The third-order valence-corrected chi connectivity index (χ3v) is 2.05. The van der Waals surface area contributed by atoms with Gasteiger partial charge in [0.2, 0.25) is 0 Å². The van der Waals surface area contributed by atoms with Gasteiger partial charge in [0.05, 0.1) is 23.3 Å². The fourth-order valence-electron chi connectivity index (χ4n) is 1.13. The molecule has 14 heavy (non-hydrogen) atoms. The average Bonchev–Trinajstić information content (AvgIpc) is 2.15. The van der Waals surface area contributed by atoms with E-state index in [2.05, 4.69) is 4.74 Å². The monoisotopic (exact) mass is 209 g/mol. The third-order valence-electron chi connectivity index (χ3n) is 1.75. The number of methoxy groups -OCH3 is 1. The van der Waals surface area contributed by atoms with Gasteiger partial charge in [0.15, 0.2) is 0 Å². The summed E-state index contributed by atoms with van der Waals surface area (Å²) in [6.45, 7) is 1.79. The summed E-state index contributed by atoms with van der Waals surface area (Å²) in [5.74, 6) is -0.549. The standard InChI is InChI=1S/C10H8ClNO2/c1-6-3-7(10(13)14-2)8(5-12)9(11)4-6/h3-4H,1-2H3. The molecule has 1 aromatic rings. The lowest BCUT2D eigenvalue weighted by atomic mass is 10.1. The highest BCUT2D eigenvalue weighted by atomic mass is 35.5. The van der Waals surface area contributed by atoms with E-state index in [9.17, 15) is 4.79 Å². The molecule has 0 fully saturated rings. The maximum Gasteiger partial charge on any atom is 0.339 e. The molecule has 0 aliphatic rings. The number of ether oxygens (including phenoxy) is 1. The molecule has 3 nitrogen and oxygen atoms in total. The first-order valence-corrected chi connectivity index (χ1v) is 4.26. The summed E-state index contributed by atoms with van der Waals surface area (Å²) < 4.78 is 4.54. The van der Waals surface area contributed by atoms with Gasteiger partial charge in [-0.1, -0.05) is 11.6 Å². The number of nitrogens with zero attached hydrogens (tertiary/aromatic N) is 1. The Labute approximate surface area is 86.9 Å². The number of nitriles is 1. The first-order chi connectivity index (χ1) is 6.60. The van der Waals surface area contributed by atoms with Gasteiger partial charge in [-0.15, -0.1) is 0 Å². The minimum absolute atomic E-state index is 0.157. The molecule has 0 aliphatic heterocycles. The van der Waals surface area contributed by atoms with Crippen LogP contribution < -0.4 is 0 Å². The Morgan fingerprint density at radius 3 is 2.71 bits per heavy atom. The summed E-state index contributed by atoms with van der Waals surface area (Å²) in [5, 5.41) is 9.06. The summed E-state index contributed by atoms with van der Waals surface area (Å²) in [6.07, 6.45) is 0. The van der Waals surface area contributed by atoms with E-state index in [4.69, 9.17) is 16.9 Å². The van der Waals surface area contributed by atoms with Crippen molar-refractivity contribution < 1.29 is 9.53 Å².